The summed E-state index contributed by atoms with van der Waals surface area (Å²) in [5.74, 6) is -0.555. The van der Waals surface area contributed by atoms with Crippen molar-refractivity contribution < 1.29 is 19.1 Å². The molecule has 1 amide bonds. The SMILES string of the molecule is CCc1ccc(N[C@@H]2NC(=O)/C(=C/c3cc(Cl)c(OCC(=O)OC)c(Cl)c3)S2)cc1. The Morgan fingerprint density at radius 2 is 1.90 bits per heavy atom. The number of carbonyl (C=O) groups is 2. The highest BCUT2D eigenvalue weighted by Crippen LogP contribution is 2.36. The van der Waals surface area contributed by atoms with Gasteiger partial charge in [0, 0.05) is 5.69 Å². The van der Waals surface area contributed by atoms with Gasteiger partial charge in [0.05, 0.1) is 22.1 Å². The van der Waals surface area contributed by atoms with Crippen LogP contribution in [0.5, 0.6) is 5.75 Å². The number of hydrogen-bond donors (Lipinski definition) is 2. The van der Waals surface area contributed by atoms with Gasteiger partial charge in [0.25, 0.3) is 5.91 Å². The molecule has 2 aromatic rings. The second-order valence-electron chi connectivity index (χ2n) is 6.35. The van der Waals surface area contributed by atoms with Crippen LogP contribution in [-0.2, 0) is 20.7 Å². The molecule has 1 heterocycles. The van der Waals surface area contributed by atoms with Crippen molar-refractivity contribution in [3.05, 3.63) is 62.5 Å². The number of thioether (sulfide) groups is 1. The van der Waals surface area contributed by atoms with E-state index < -0.39 is 5.97 Å². The maximum Gasteiger partial charge on any atom is 0.343 e. The minimum Gasteiger partial charge on any atom is -0.479 e. The first-order valence-electron chi connectivity index (χ1n) is 9.13. The maximum atomic E-state index is 12.3. The van der Waals surface area contributed by atoms with Crippen LogP contribution in [0.4, 0.5) is 5.69 Å². The third-order valence-corrected chi connectivity index (χ3v) is 5.86. The van der Waals surface area contributed by atoms with Crippen LogP contribution in [0.2, 0.25) is 10.0 Å². The summed E-state index contributed by atoms with van der Waals surface area (Å²) in [6.45, 7) is 1.80. The molecular formula is C21H20Cl2N2O4S. The number of rotatable bonds is 7. The summed E-state index contributed by atoms with van der Waals surface area (Å²) in [4.78, 5) is 24.1. The molecule has 0 radical (unpaired) electrons. The number of aryl methyl sites for hydroxylation is 1. The lowest BCUT2D eigenvalue weighted by Crippen LogP contribution is -2.30. The normalized spacial score (nSPS) is 17.0. The van der Waals surface area contributed by atoms with E-state index in [2.05, 4.69) is 22.3 Å². The van der Waals surface area contributed by atoms with Gasteiger partial charge in [-0.05, 0) is 47.9 Å². The highest BCUT2D eigenvalue weighted by Gasteiger charge is 2.27. The number of hydrogen-bond acceptors (Lipinski definition) is 6. The highest BCUT2D eigenvalue weighted by molar-refractivity contribution is 8.05. The van der Waals surface area contributed by atoms with Crippen molar-refractivity contribution in [2.24, 2.45) is 0 Å². The van der Waals surface area contributed by atoms with Crippen LogP contribution in [0, 0.1) is 0 Å². The highest BCUT2D eigenvalue weighted by atomic mass is 35.5. The topological polar surface area (TPSA) is 76.7 Å². The number of methoxy groups -OCH3 is 1. The Balaban J connectivity index is 1.70. The summed E-state index contributed by atoms with van der Waals surface area (Å²) >= 11 is 13.8. The molecule has 1 saturated heterocycles. The van der Waals surface area contributed by atoms with E-state index in [0.29, 0.717) is 10.5 Å². The standard InChI is InChI=1S/C21H20Cl2N2O4S/c1-3-12-4-6-14(7-5-12)24-21-25-20(27)17(30-21)10-13-8-15(22)19(16(23)9-13)29-11-18(26)28-2/h4-10,21,24H,3,11H2,1-2H3,(H,25,27)/b17-10-/t21-/m1/s1. The van der Waals surface area contributed by atoms with E-state index in [1.807, 2.05) is 24.3 Å². The molecule has 6 nitrogen and oxygen atoms in total. The first-order valence-corrected chi connectivity index (χ1v) is 10.8. The molecule has 1 fully saturated rings. The molecule has 0 saturated carbocycles. The van der Waals surface area contributed by atoms with E-state index in [0.717, 1.165) is 12.1 Å². The molecule has 0 unspecified atom stereocenters. The number of esters is 1. The van der Waals surface area contributed by atoms with Crippen molar-refractivity contribution in [1.29, 1.82) is 0 Å². The lowest BCUT2D eigenvalue weighted by Gasteiger charge is -2.13. The average Bonchev–Trinajstić information content (AvgIpc) is 3.06. The number of anilines is 1. The van der Waals surface area contributed by atoms with Crippen molar-refractivity contribution >= 4 is 58.6 Å². The predicted octanol–water partition coefficient (Wildman–Crippen LogP) is 4.71. The molecule has 0 aliphatic carbocycles. The quantitative estimate of drug-likeness (QED) is 0.454. The van der Waals surface area contributed by atoms with Gasteiger partial charge in [0.2, 0.25) is 0 Å². The predicted molar refractivity (Wildman–Crippen MR) is 121 cm³/mol. The Hall–Kier alpha value is -2.35. The van der Waals surface area contributed by atoms with E-state index in [1.54, 1.807) is 18.2 Å². The van der Waals surface area contributed by atoms with Gasteiger partial charge in [-0.2, -0.15) is 0 Å². The molecule has 2 aromatic carbocycles. The molecule has 2 N–H and O–H groups in total. The number of benzene rings is 2. The van der Waals surface area contributed by atoms with Gasteiger partial charge in [-0.1, -0.05) is 54.0 Å². The Morgan fingerprint density at radius 1 is 1.23 bits per heavy atom. The van der Waals surface area contributed by atoms with Gasteiger partial charge >= 0.3 is 5.97 Å². The number of halogens is 2. The van der Waals surface area contributed by atoms with Crippen molar-refractivity contribution in [3.8, 4) is 5.75 Å². The molecule has 3 rings (SSSR count). The molecule has 0 bridgehead atoms. The fourth-order valence-corrected chi connectivity index (χ4v) is 4.29. The van der Waals surface area contributed by atoms with E-state index in [9.17, 15) is 9.59 Å². The molecule has 158 valence electrons. The Labute approximate surface area is 188 Å². The zero-order valence-electron chi connectivity index (χ0n) is 16.3. The molecule has 1 aliphatic rings. The Bertz CT molecular complexity index is 956. The summed E-state index contributed by atoms with van der Waals surface area (Å²) in [6.07, 6.45) is 2.67. The summed E-state index contributed by atoms with van der Waals surface area (Å²) < 4.78 is 9.84. The van der Waals surface area contributed by atoms with E-state index >= 15 is 0 Å². The van der Waals surface area contributed by atoms with Crippen LogP contribution in [0.1, 0.15) is 18.1 Å². The lowest BCUT2D eigenvalue weighted by atomic mass is 10.1. The number of ether oxygens (including phenoxy) is 2. The summed E-state index contributed by atoms with van der Waals surface area (Å²) in [5.41, 5.74) is 2.52. The van der Waals surface area contributed by atoms with Gasteiger partial charge in [-0.15, -0.1) is 0 Å². The van der Waals surface area contributed by atoms with E-state index in [-0.39, 0.29) is 33.8 Å². The summed E-state index contributed by atoms with van der Waals surface area (Å²) in [5, 5.41) is 6.62. The van der Waals surface area contributed by atoms with Gasteiger partial charge < -0.3 is 20.1 Å². The third kappa shape index (κ3) is 5.62. The second-order valence-corrected chi connectivity index (χ2v) is 8.31. The zero-order valence-corrected chi connectivity index (χ0v) is 18.7. The van der Waals surface area contributed by atoms with Crippen LogP contribution < -0.4 is 15.4 Å². The third-order valence-electron chi connectivity index (χ3n) is 4.27. The van der Waals surface area contributed by atoms with Gasteiger partial charge in [-0.25, -0.2) is 4.79 Å². The minimum absolute atomic E-state index is 0.185. The fraction of sp³-hybridized carbons (Fsp3) is 0.238. The van der Waals surface area contributed by atoms with Crippen LogP contribution in [-0.4, -0.2) is 31.1 Å². The fourth-order valence-electron chi connectivity index (χ4n) is 2.70. The van der Waals surface area contributed by atoms with Crippen molar-refractivity contribution in [2.75, 3.05) is 19.0 Å². The van der Waals surface area contributed by atoms with Crippen LogP contribution in [0.3, 0.4) is 0 Å². The van der Waals surface area contributed by atoms with Gasteiger partial charge in [0.1, 0.15) is 0 Å². The van der Waals surface area contributed by atoms with Crippen LogP contribution in [0.25, 0.3) is 6.08 Å². The molecule has 0 aromatic heterocycles. The van der Waals surface area contributed by atoms with Crippen LogP contribution >= 0.6 is 35.0 Å². The monoisotopic (exact) mass is 466 g/mol. The smallest absolute Gasteiger partial charge is 0.343 e. The molecule has 0 spiro atoms. The molecule has 30 heavy (non-hydrogen) atoms. The summed E-state index contributed by atoms with van der Waals surface area (Å²) in [7, 11) is 1.26. The number of amides is 1. The molecule has 1 atom stereocenters. The Morgan fingerprint density at radius 3 is 2.50 bits per heavy atom. The average molecular weight is 467 g/mol. The lowest BCUT2D eigenvalue weighted by molar-refractivity contribution is -0.142. The number of carbonyl (C=O) groups excluding carboxylic acids is 2. The maximum absolute atomic E-state index is 12.3. The van der Waals surface area contributed by atoms with Crippen molar-refractivity contribution in [1.82, 2.24) is 5.32 Å². The largest absolute Gasteiger partial charge is 0.479 e. The van der Waals surface area contributed by atoms with E-state index in [4.69, 9.17) is 27.9 Å². The van der Waals surface area contributed by atoms with Crippen molar-refractivity contribution in [2.45, 2.75) is 18.8 Å². The molecule has 1 aliphatic heterocycles. The second kappa shape index (κ2) is 10.1. The first-order chi connectivity index (χ1) is 14.4. The van der Waals surface area contributed by atoms with Crippen LogP contribution in [0.15, 0.2) is 41.3 Å². The Kier molecular flexibility index (Phi) is 7.53. The first kappa shape index (κ1) is 22.3. The zero-order chi connectivity index (χ0) is 21.7. The van der Waals surface area contributed by atoms with E-state index in [1.165, 1.54) is 24.4 Å². The molecule has 9 heteroatoms. The van der Waals surface area contributed by atoms with Crippen molar-refractivity contribution in [3.63, 3.8) is 0 Å². The minimum atomic E-state index is -0.546. The number of nitrogens with one attached hydrogen (secondary N) is 2. The molecular weight excluding hydrogens is 447 g/mol. The van der Waals surface area contributed by atoms with Gasteiger partial charge in [0.15, 0.2) is 17.9 Å². The van der Waals surface area contributed by atoms with Gasteiger partial charge in [-0.3, -0.25) is 4.79 Å². The summed E-state index contributed by atoms with van der Waals surface area (Å²) in [6, 6.07) is 11.3.